The zero-order chi connectivity index (χ0) is 27.3. The summed E-state index contributed by atoms with van der Waals surface area (Å²) in [4.78, 5) is 28.3. The number of hydrogen-bond donors (Lipinski definition) is 3. The van der Waals surface area contributed by atoms with E-state index in [1.165, 1.54) is 49.6 Å². The van der Waals surface area contributed by atoms with Crippen molar-refractivity contribution in [1.82, 2.24) is 4.98 Å². The number of pyridine rings is 1. The van der Waals surface area contributed by atoms with E-state index in [-0.39, 0.29) is 23.4 Å². The van der Waals surface area contributed by atoms with Gasteiger partial charge in [0.05, 0.1) is 5.69 Å². The van der Waals surface area contributed by atoms with Crippen LogP contribution in [0.2, 0.25) is 0 Å². The van der Waals surface area contributed by atoms with Crippen molar-refractivity contribution in [3.8, 4) is 11.8 Å². The predicted molar refractivity (Wildman–Crippen MR) is 141 cm³/mol. The van der Waals surface area contributed by atoms with Gasteiger partial charge >= 0.3 is 19.2 Å². The molecular formula is C30H34FNO5P+. The van der Waals surface area contributed by atoms with Gasteiger partial charge in [-0.2, -0.15) is 4.89 Å². The summed E-state index contributed by atoms with van der Waals surface area (Å²) in [5, 5.41) is 20.1. The Hall–Kier alpha value is -2.65. The molecule has 3 N–H and O–H groups in total. The summed E-state index contributed by atoms with van der Waals surface area (Å²) in [6.07, 6.45) is 6.37. The normalized spacial score (nSPS) is 29.2. The molecule has 6 nitrogen and oxygen atoms in total. The first-order valence-electron chi connectivity index (χ1n) is 13.3. The molecule has 6 rings (SSSR count). The molecule has 1 aromatic heterocycles. The molecule has 200 valence electrons. The highest BCUT2D eigenvalue weighted by atomic mass is 31.1. The number of carboxylic acids is 1. The maximum absolute atomic E-state index is 13.7. The maximum Gasteiger partial charge on any atom is 0.541 e. The van der Waals surface area contributed by atoms with Crippen molar-refractivity contribution in [2.75, 3.05) is 0 Å². The Morgan fingerprint density at radius 1 is 1.11 bits per heavy atom. The molecule has 8 heteroatoms. The molecule has 1 aromatic carbocycles. The number of aromatic nitrogens is 1. The van der Waals surface area contributed by atoms with E-state index in [1.807, 2.05) is 6.07 Å². The van der Waals surface area contributed by atoms with Gasteiger partial charge in [0, 0.05) is 23.4 Å². The van der Waals surface area contributed by atoms with Crippen LogP contribution in [-0.2, 0) is 26.8 Å². The first kappa shape index (κ1) is 26.9. The Balaban J connectivity index is 1.69. The average Bonchev–Trinajstić information content (AvgIpc) is 2.84. The minimum Gasteiger partial charge on any atom is -0.477 e. The van der Waals surface area contributed by atoms with Crippen LogP contribution in [0, 0.1) is 41.3 Å². The van der Waals surface area contributed by atoms with Crippen LogP contribution in [0.4, 0.5) is 4.39 Å². The van der Waals surface area contributed by atoms with E-state index in [0.29, 0.717) is 23.3 Å². The fourth-order valence-corrected chi connectivity index (χ4v) is 8.39. The van der Waals surface area contributed by atoms with E-state index >= 15 is 0 Å². The summed E-state index contributed by atoms with van der Waals surface area (Å²) in [6, 6.07) is 10.5. The summed E-state index contributed by atoms with van der Waals surface area (Å²) >= 11 is 0. The van der Waals surface area contributed by atoms with Crippen molar-refractivity contribution < 1.29 is 28.9 Å². The quantitative estimate of drug-likeness (QED) is 0.325. The van der Waals surface area contributed by atoms with E-state index in [0.717, 1.165) is 25.0 Å². The molecule has 4 bridgehead atoms. The minimum atomic E-state index is -3.56. The Morgan fingerprint density at radius 2 is 1.68 bits per heavy atom. The molecule has 3 unspecified atom stereocenters. The number of benzene rings is 1. The average molecular weight is 539 g/mol. The van der Waals surface area contributed by atoms with E-state index in [2.05, 4.69) is 11.8 Å². The third kappa shape index (κ3) is 4.47. The summed E-state index contributed by atoms with van der Waals surface area (Å²) in [5.74, 6) is 4.65. The maximum atomic E-state index is 13.7. The summed E-state index contributed by atoms with van der Waals surface area (Å²) < 4.78 is 26.6. The second-order valence-corrected chi connectivity index (χ2v) is 13.2. The molecular weight excluding hydrogens is 504 g/mol. The summed E-state index contributed by atoms with van der Waals surface area (Å²) in [6.45, 7) is 3.46. The Labute approximate surface area is 223 Å². The largest absolute Gasteiger partial charge is 0.541 e. The molecule has 4 fully saturated rings. The lowest BCUT2D eigenvalue weighted by Gasteiger charge is -2.56. The van der Waals surface area contributed by atoms with Crippen molar-refractivity contribution in [3.05, 3.63) is 65.2 Å². The Morgan fingerprint density at radius 3 is 2.18 bits per heavy atom. The number of rotatable bonds is 7. The zero-order valence-electron chi connectivity index (χ0n) is 21.7. The number of aliphatic carboxylic acids is 1. The third-order valence-corrected chi connectivity index (χ3v) is 10.1. The van der Waals surface area contributed by atoms with Gasteiger partial charge in [-0.15, -0.1) is 0 Å². The number of carboxylic acid groups (broad SMARTS) is 1. The predicted octanol–water partition coefficient (Wildman–Crippen LogP) is 5.34. The fourth-order valence-electron chi connectivity index (χ4n) is 7.56. The standard InChI is InChI=1S/C30H33FNO5P/c1-19(2)10-11-30(27(33)34,38(36)37)29(35,18-20-6-8-24(31)9-7-20)26-5-3-4-25(32-26)28-15-21-12-22(16-28)14-23(13-21)17-28/h3-9,19,21-23,35H,12-18H2,1-2H3,(H-,33,34,36,37)/p+1. The fraction of sp³-hybridized carbons (Fsp3) is 0.533. The number of aliphatic hydroxyl groups is 1. The van der Waals surface area contributed by atoms with Crippen LogP contribution in [0.25, 0.3) is 0 Å². The van der Waals surface area contributed by atoms with Gasteiger partial charge in [0.15, 0.2) is 5.60 Å². The number of nitrogens with zero attached hydrogens (tertiary/aromatic N) is 1. The van der Waals surface area contributed by atoms with Crippen LogP contribution in [-0.4, -0.2) is 31.2 Å². The van der Waals surface area contributed by atoms with Crippen molar-refractivity contribution in [1.29, 1.82) is 0 Å². The smallest absolute Gasteiger partial charge is 0.477 e. The van der Waals surface area contributed by atoms with E-state index in [4.69, 9.17) is 4.98 Å². The van der Waals surface area contributed by atoms with Crippen LogP contribution in [0.1, 0.15) is 69.3 Å². The van der Waals surface area contributed by atoms with Crippen molar-refractivity contribution in [2.24, 2.45) is 23.7 Å². The molecule has 0 saturated heterocycles. The van der Waals surface area contributed by atoms with Gasteiger partial charge in [0.1, 0.15) is 5.82 Å². The lowest BCUT2D eigenvalue weighted by atomic mass is 9.49. The molecule has 0 aliphatic heterocycles. The molecule has 1 heterocycles. The van der Waals surface area contributed by atoms with Gasteiger partial charge in [0.2, 0.25) is 0 Å². The molecule has 0 radical (unpaired) electrons. The number of hydrogen-bond acceptors (Lipinski definition) is 4. The second kappa shape index (κ2) is 9.83. The van der Waals surface area contributed by atoms with Crippen molar-refractivity contribution >= 4 is 14.0 Å². The third-order valence-electron chi connectivity index (χ3n) is 8.86. The van der Waals surface area contributed by atoms with Gasteiger partial charge in [-0.3, -0.25) is 4.98 Å². The molecule has 4 aliphatic rings. The molecule has 38 heavy (non-hydrogen) atoms. The highest BCUT2D eigenvalue weighted by Crippen LogP contribution is 2.60. The molecule has 4 saturated carbocycles. The number of carbonyl (C=O) groups is 1. The van der Waals surface area contributed by atoms with Gasteiger partial charge in [-0.05, 0) is 96.6 Å². The monoisotopic (exact) mass is 538 g/mol. The van der Waals surface area contributed by atoms with Crippen molar-refractivity contribution in [2.45, 2.75) is 75.0 Å². The van der Waals surface area contributed by atoms with Crippen LogP contribution in [0.5, 0.6) is 0 Å². The Bertz CT molecular complexity index is 1260. The zero-order valence-corrected chi connectivity index (χ0v) is 22.6. The van der Waals surface area contributed by atoms with Gasteiger partial charge < -0.3 is 10.2 Å². The van der Waals surface area contributed by atoms with E-state index < -0.39 is 30.6 Å². The number of halogens is 1. The Kier molecular flexibility index (Phi) is 6.97. The minimum absolute atomic E-state index is 0.00655. The van der Waals surface area contributed by atoms with E-state index in [9.17, 15) is 28.9 Å². The van der Waals surface area contributed by atoms with E-state index in [1.54, 1.807) is 19.9 Å². The summed E-state index contributed by atoms with van der Waals surface area (Å²) in [7, 11) is -3.56. The lowest BCUT2D eigenvalue weighted by molar-refractivity contribution is -0.146. The molecule has 0 spiro atoms. The highest BCUT2D eigenvalue weighted by molar-refractivity contribution is 7.42. The first-order valence-corrected chi connectivity index (χ1v) is 14.6. The van der Waals surface area contributed by atoms with Crippen LogP contribution in [0.3, 0.4) is 0 Å². The van der Waals surface area contributed by atoms with Crippen LogP contribution in [0.15, 0.2) is 42.5 Å². The van der Waals surface area contributed by atoms with Crippen molar-refractivity contribution in [3.63, 3.8) is 0 Å². The summed E-state index contributed by atoms with van der Waals surface area (Å²) in [5.41, 5.74) is -1.43. The second-order valence-electron chi connectivity index (χ2n) is 12.0. The lowest BCUT2D eigenvalue weighted by Crippen LogP contribution is -2.56. The van der Waals surface area contributed by atoms with Crippen LogP contribution >= 0.6 is 8.03 Å². The first-order chi connectivity index (χ1) is 18.0. The highest BCUT2D eigenvalue weighted by Gasteiger charge is 2.72. The SMILES string of the molecule is CC(C)C#CC(C(=O)O)([P+](=O)O)C(O)(Cc1ccc(F)cc1)c1cccc(C23CC4CC(CC(C4)C2)C3)n1. The van der Waals surface area contributed by atoms with Gasteiger partial charge in [-0.25, -0.2) is 9.18 Å². The topological polar surface area (TPSA) is 108 Å². The molecule has 3 atom stereocenters. The van der Waals surface area contributed by atoms with Gasteiger partial charge in [0.25, 0.3) is 0 Å². The van der Waals surface area contributed by atoms with Crippen LogP contribution < -0.4 is 0 Å². The van der Waals surface area contributed by atoms with Gasteiger partial charge in [-0.1, -0.05) is 38.0 Å². The molecule has 0 amide bonds. The molecule has 2 aromatic rings. The molecule has 4 aliphatic carbocycles.